The Morgan fingerprint density at radius 1 is 0.381 bits per heavy atom. The van der Waals surface area contributed by atoms with Gasteiger partial charge in [-0.3, -0.25) is 0 Å². The number of benzene rings is 6. The molecular weight excluding hydrogens is 512 g/mol. The zero-order chi connectivity index (χ0) is 28.2. The summed E-state index contributed by atoms with van der Waals surface area (Å²) < 4.78 is 4.50. The molecule has 2 aromatic heterocycles. The predicted octanol–water partition coefficient (Wildman–Crippen LogP) is 9.29. The molecule has 0 atom stereocenters. The summed E-state index contributed by atoms with van der Waals surface area (Å²) >= 11 is 0. The number of aromatic nitrogens is 2. The first-order valence-electron chi connectivity index (χ1n) is 13.8. The van der Waals surface area contributed by atoms with Gasteiger partial charge in [0.1, 0.15) is 0 Å². The first kappa shape index (κ1) is 23.8. The molecule has 0 amide bonds. The number of fused-ring (bicyclic) bond motifs is 6. The minimum Gasteiger partial charge on any atom is -0.309 e. The van der Waals surface area contributed by atoms with Crippen LogP contribution in [0.15, 0.2) is 133 Å². The third-order valence-electron chi connectivity index (χ3n) is 8.12. The summed E-state index contributed by atoms with van der Waals surface area (Å²) in [5.41, 5.74) is 9.51. The average Bonchev–Trinajstić information content (AvgIpc) is 3.57. The maximum Gasteiger partial charge on any atom is 0.0992 e. The third kappa shape index (κ3) is 3.53. The van der Waals surface area contributed by atoms with E-state index in [0.717, 1.165) is 55.3 Å². The number of hydrogen-bond donors (Lipinski definition) is 0. The second kappa shape index (κ2) is 9.24. The Labute approximate surface area is 242 Å². The first-order valence-corrected chi connectivity index (χ1v) is 13.8. The highest BCUT2D eigenvalue weighted by Gasteiger charge is 2.16. The van der Waals surface area contributed by atoms with Crippen LogP contribution in [0.1, 0.15) is 11.1 Å². The van der Waals surface area contributed by atoms with Crippen molar-refractivity contribution in [3.8, 4) is 34.6 Å². The van der Waals surface area contributed by atoms with Crippen molar-refractivity contribution in [2.45, 2.75) is 0 Å². The van der Waals surface area contributed by atoms with Crippen LogP contribution in [0.25, 0.3) is 66.1 Å². The highest BCUT2D eigenvalue weighted by Crippen LogP contribution is 2.36. The highest BCUT2D eigenvalue weighted by atomic mass is 15.0. The van der Waals surface area contributed by atoms with E-state index in [4.69, 9.17) is 0 Å². The van der Waals surface area contributed by atoms with Crippen LogP contribution < -0.4 is 0 Å². The van der Waals surface area contributed by atoms with E-state index in [-0.39, 0.29) is 0 Å². The molecule has 0 bridgehead atoms. The summed E-state index contributed by atoms with van der Waals surface area (Å²) in [6.45, 7) is 0. The molecule has 4 nitrogen and oxygen atoms in total. The van der Waals surface area contributed by atoms with Crippen LogP contribution in [0.5, 0.6) is 0 Å². The second-order valence-electron chi connectivity index (χ2n) is 10.5. The van der Waals surface area contributed by atoms with Gasteiger partial charge in [0, 0.05) is 32.9 Å². The molecule has 0 radical (unpaired) electrons. The third-order valence-corrected chi connectivity index (χ3v) is 8.12. The molecule has 2 heterocycles. The molecule has 0 N–H and O–H groups in total. The molecule has 0 fully saturated rings. The molecule has 8 aromatic rings. The van der Waals surface area contributed by atoms with Gasteiger partial charge in [0.25, 0.3) is 0 Å². The van der Waals surface area contributed by atoms with Gasteiger partial charge in [-0.25, -0.2) is 0 Å². The summed E-state index contributed by atoms with van der Waals surface area (Å²) in [7, 11) is 0. The van der Waals surface area contributed by atoms with Gasteiger partial charge < -0.3 is 9.13 Å². The van der Waals surface area contributed by atoms with Gasteiger partial charge in [-0.05, 0) is 77.9 Å². The van der Waals surface area contributed by atoms with Crippen LogP contribution in [-0.2, 0) is 0 Å². The molecular formula is C38H22N4. The lowest BCUT2D eigenvalue weighted by molar-refractivity contribution is 1.17. The summed E-state index contributed by atoms with van der Waals surface area (Å²) in [5, 5.41) is 24.1. The minimum absolute atomic E-state index is 0.587. The van der Waals surface area contributed by atoms with E-state index >= 15 is 0 Å². The molecule has 0 saturated carbocycles. The van der Waals surface area contributed by atoms with Crippen molar-refractivity contribution < 1.29 is 0 Å². The molecule has 8 rings (SSSR count). The largest absolute Gasteiger partial charge is 0.309 e. The van der Waals surface area contributed by atoms with E-state index in [0.29, 0.717) is 11.1 Å². The van der Waals surface area contributed by atoms with Crippen LogP contribution in [0.4, 0.5) is 0 Å². The Morgan fingerprint density at radius 3 is 1.57 bits per heavy atom. The number of rotatable bonds is 3. The highest BCUT2D eigenvalue weighted by molar-refractivity contribution is 6.10. The van der Waals surface area contributed by atoms with Crippen LogP contribution in [0.2, 0.25) is 0 Å². The Balaban J connectivity index is 1.35. The number of para-hydroxylation sites is 3. The summed E-state index contributed by atoms with van der Waals surface area (Å²) in [4.78, 5) is 0. The normalized spacial score (nSPS) is 11.3. The van der Waals surface area contributed by atoms with Gasteiger partial charge in [-0.2, -0.15) is 10.5 Å². The average molecular weight is 535 g/mol. The van der Waals surface area contributed by atoms with Crippen molar-refractivity contribution in [2.75, 3.05) is 0 Å². The predicted molar refractivity (Wildman–Crippen MR) is 170 cm³/mol. The Morgan fingerprint density at radius 2 is 0.929 bits per heavy atom. The topological polar surface area (TPSA) is 57.4 Å². The van der Waals surface area contributed by atoms with E-state index in [1.165, 1.54) is 10.8 Å². The Bertz CT molecular complexity index is 2390. The van der Waals surface area contributed by atoms with Crippen molar-refractivity contribution >= 4 is 43.6 Å². The molecule has 0 aliphatic carbocycles. The molecule has 0 spiro atoms. The van der Waals surface area contributed by atoms with E-state index in [1.54, 1.807) is 0 Å². The molecule has 0 saturated heterocycles. The number of hydrogen-bond acceptors (Lipinski definition) is 2. The molecule has 6 aromatic carbocycles. The van der Waals surface area contributed by atoms with Gasteiger partial charge >= 0.3 is 0 Å². The van der Waals surface area contributed by atoms with Crippen molar-refractivity contribution in [1.82, 2.24) is 9.13 Å². The Kier molecular flexibility index (Phi) is 5.22. The number of nitrogens with zero attached hydrogens (tertiary/aromatic N) is 4. The zero-order valence-corrected chi connectivity index (χ0v) is 22.5. The molecule has 0 unspecified atom stereocenters. The standard InChI is InChI=1S/C38H22N4/c39-23-25-16-17-38-34(20-25)33-12-3-6-15-37(33)42(38)30-19-26(24-40)18-28(22-30)27-8-7-9-29(21-27)41-35-13-4-1-10-31(35)32-11-2-5-14-36(32)41/h1-22H. The molecule has 4 heteroatoms. The van der Waals surface area contributed by atoms with Gasteiger partial charge in [0.05, 0.1) is 45.3 Å². The number of nitriles is 2. The fourth-order valence-corrected chi connectivity index (χ4v) is 6.32. The van der Waals surface area contributed by atoms with Crippen molar-refractivity contribution in [2.24, 2.45) is 0 Å². The van der Waals surface area contributed by atoms with E-state index < -0.39 is 0 Å². The van der Waals surface area contributed by atoms with Crippen molar-refractivity contribution in [1.29, 1.82) is 10.5 Å². The fraction of sp³-hybridized carbons (Fsp3) is 0. The SMILES string of the molecule is N#Cc1cc(-c2cccc(-n3c4ccccc4c4ccccc43)c2)cc(-n2c3ccccc3c3cc(C#N)ccc32)c1. The minimum atomic E-state index is 0.587. The van der Waals surface area contributed by atoms with Crippen molar-refractivity contribution in [3.05, 3.63) is 145 Å². The maximum atomic E-state index is 10.1. The van der Waals surface area contributed by atoms with Crippen LogP contribution in [0, 0.1) is 22.7 Å². The summed E-state index contributed by atoms with van der Waals surface area (Å²) in [6, 6.07) is 50.2. The fourth-order valence-electron chi connectivity index (χ4n) is 6.32. The van der Waals surface area contributed by atoms with Gasteiger partial charge in [0.15, 0.2) is 0 Å². The smallest absolute Gasteiger partial charge is 0.0992 e. The van der Waals surface area contributed by atoms with Crippen molar-refractivity contribution in [3.63, 3.8) is 0 Å². The zero-order valence-electron chi connectivity index (χ0n) is 22.5. The first-order chi connectivity index (χ1) is 20.7. The summed E-state index contributed by atoms with van der Waals surface area (Å²) in [5.74, 6) is 0. The lowest BCUT2D eigenvalue weighted by atomic mass is 10.0. The van der Waals surface area contributed by atoms with E-state index in [9.17, 15) is 10.5 Å². The monoisotopic (exact) mass is 534 g/mol. The van der Waals surface area contributed by atoms with Gasteiger partial charge in [-0.1, -0.05) is 66.7 Å². The molecule has 0 aliphatic heterocycles. The van der Waals surface area contributed by atoms with Crippen LogP contribution in [-0.4, -0.2) is 9.13 Å². The van der Waals surface area contributed by atoms with Crippen LogP contribution >= 0.6 is 0 Å². The summed E-state index contributed by atoms with van der Waals surface area (Å²) in [6.07, 6.45) is 0. The van der Waals surface area contributed by atoms with Crippen LogP contribution in [0.3, 0.4) is 0 Å². The quantitative estimate of drug-likeness (QED) is 0.227. The molecule has 194 valence electrons. The van der Waals surface area contributed by atoms with Gasteiger partial charge in [-0.15, -0.1) is 0 Å². The molecule has 0 aliphatic rings. The Hall–Kier alpha value is -6.10. The molecule has 42 heavy (non-hydrogen) atoms. The lowest BCUT2D eigenvalue weighted by Gasteiger charge is -2.13. The van der Waals surface area contributed by atoms with Gasteiger partial charge in [0.2, 0.25) is 0 Å². The second-order valence-corrected chi connectivity index (χ2v) is 10.5. The lowest BCUT2D eigenvalue weighted by Crippen LogP contribution is -1.97. The van der Waals surface area contributed by atoms with E-state index in [2.05, 4.69) is 112 Å². The van der Waals surface area contributed by atoms with E-state index in [1.807, 2.05) is 42.5 Å². The maximum absolute atomic E-state index is 10.1.